The third-order valence-corrected chi connectivity index (χ3v) is 4.10. The Labute approximate surface area is 122 Å². The Hall–Kier alpha value is -2.19. The van der Waals surface area contributed by atoms with Crippen LogP contribution in [0.1, 0.15) is 16.2 Å². The lowest BCUT2D eigenvalue weighted by Crippen LogP contribution is -2.12. The second-order valence-corrected chi connectivity index (χ2v) is 5.59. The monoisotopic (exact) mass is 303 g/mol. The molecule has 0 aliphatic heterocycles. The number of rotatable bonds is 3. The quantitative estimate of drug-likeness (QED) is 0.804. The first kappa shape index (κ1) is 12.8. The molecule has 0 bridgehead atoms. The zero-order chi connectivity index (χ0) is 13.9. The lowest BCUT2D eigenvalue weighted by molar-refractivity contribution is 0.102. The molecule has 1 amide bonds. The van der Waals surface area contributed by atoms with Crippen LogP contribution in [0.3, 0.4) is 0 Å². The van der Waals surface area contributed by atoms with Crippen molar-refractivity contribution in [3.8, 4) is 10.7 Å². The van der Waals surface area contributed by atoms with Crippen molar-refractivity contribution in [3.63, 3.8) is 0 Å². The fourth-order valence-corrected chi connectivity index (χ4v) is 2.92. The number of aryl methyl sites for hydroxylation is 1. The van der Waals surface area contributed by atoms with Crippen molar-refractivity contribution in [3.05, 3.63) is 40.7 Å². The van der Waals surface area contributed by atoms with Gasteiger partial charge in [0.2, 0.25) is 0 Å². The number of nitrogens with one attached hydrogen (secondary N) is 1. The van der Waals surface area contributed by atoms with Gasteiger partial charge in [0, 0.05) is 23.2 Å². The topological polar surface area (TPSA) is 80.7 Å². The van der Waals surface area contributed by atoms with E-state index in [4.69, 9.17) is 0 Å². The van der Waals surface area contributed by atoms with Crippen molar-refractivity contribution in [2.75, 3.05) is 5.32 Å². The maximum absolute atomic E-state index is 12.0. The molecule has 3 aromatic heterocycles. The number of hydrogen-bond acceptors (Lipinski definition) is 7. The lowest BCUT2D eigenvalue weighted by Gasteiger charge is -1.97. The Balaban J connectivity index is 1.78. The molecule has 0 saturated heterocycles. The van der Waals surface area contributed by atoms with Crippen molar-refractivity contribution in [1.29, 1.82) is 0 Å². The van der Waals surface area contributed by atoms with E-state index in [-0.39, 0.29) is 5.91 Å². The van der Waals surface area contributed by atoms with E-state index in [0.29, 0.717) is 21.5 Å². The molecule has 0 aliphatic carbocycles. The number of nitrogens with zero attached hydrogens (tertiary/aromatic N) is 4. The highest BCUT2D eigenvalue weighted by molar-refractivity contribution is 7.14. The normalized spacial score (nSPS) is 10.4. The smallest absolute Gasteiger partial charge is 0.276 e. The van der Waals surface area contributed by atoms with Crippen LogP contribution in [0, 0.1) is 6.92 Å². The van der Waals surface area contributed by atoms with E-state index in [1.807, 2.05) is 12.3 Å². The Bertz CT molecular complexity index is 737. The second-order valence-electron chi connectivity index (χ2n) is 3.88. The SMILES string of the molecule is Cc1csc(NC(=O)c2csc(-c3cnccn3)n2)n1. The zero-order valence-corrected chi connectivity index (χ0v) is 12.0. The van der Waals surface area contributed by atoms with Gasteiger partial charge in [0.15, 0.2) is 5.13 Å². The third-order valence-electron chi connectivity index (χ3n) is 2.36. The summed E-state index contributed by atoms with van der Waals surface area (Å²) in [5.41, 5.74) is 1.88. The van der Waals surface area contributed by atoms with Crippen LogP contribution in [0.4, 0.5) is 5.13 Å². The molecule has 0 aromatic carbocycles. The largest absolute Gasteiger partial charge is 0.296 e. The highest BCUT2D eigenvalue weighted by Crippen LogP contribution is 2.22. The van der Waals surface area contributed by atoms with E-state index in [1.165, 1.54) is 22.7 Å². The molecule has 8 heteroatoms. The maximum Gasteiger partial charge on any atom is 0.276 e. The first-order chi connectivity index (χ1) is 9.72. The van der Waals surface area contributed by atoms with Crippen LogP contribution in [-0.2, 0) is 0 Å². The van der Waals surface area contributed by atoms with E-state index in [0.717, 1.165) is 5.69 Å². The maximum atomic E-state index is 12.0. The Kier molecular flexibility index (Phi) is 3.48. The Morgan fingerprint density at radius 2 is 2.10 bits per heavy atom. The summed E-state index contributed by atoms with van der Waals surface area (Å²) in [6.07, 6.45) is 4.80. The summed E-state index contributed by atoms with van der Waals surface area (Å²) in [6.45, 7) is 1.88. The summed E-state index contributed by atoms with van der Waals surface area (Å²) >= 11 is 2.74. The molecule has 3 aromatic rings. The predicted octanol–water partition coefficient (Wildman–Crippen LogP) is 2.62. The van der Waals surface area contributed by atoms with Gasteiger partial charge in [-0.3, -0.25) is 20.1 Å². The molecule has 6 nitrogen and oxygen atoms in total. The van der Waals surface area contributed by atoms with Gasteiger partial charge in [-0.1, -0.05) is 0 Å². The van der Waals surface area contributed by atoms with Crippen LogP contribution >= 0.6 is 22.7 Å². The van der Waals surface area contributed by atoms with Crippen molar-refractivity contribution in [2.45, 2.75) is 6.92 Å². The van der Waals surface area contributed by atoms with Gasteiger partial charge < -0.3 is 0 Å². The summed E-state index contributed by atoms with van der Waals surface area (Å²) in [5, 5.41) is 7.53. The molecule has 3 heterocycles. The van der Waals surface area contributed by atoms with Gasteiger partial charge >= 0.3 is 0 Å². The van der Waals surface area contributed by atoms with Crippen molar-refractivity contribution in [1.82, 2.24) is 19.9 Å². The highest BCUT2D eigenvalue weighted by atomic mass is 32.1. The molecule has 20 heavy (non-hydrogen) atoms. The minimum atomic E-state index is -0.272. The van der Waals surface area contributed by atoms with Crippen LogP contribution in [0.5, 0.6) is 0 Å². The number of carbonyl (C=O) groups excluding carboxylic acids is 1. The average molecular weight is 303 g/mol. The molecule has 100 valence electrons. The first-order valence-corrected chi connectivity index (χ1v) is 7.44. The summed E-state index contributed by atoms with van der Waals surface area (Å²) in [6, 6.07) is 0. The van der Waals surface area contributed by atoms with Crippen LogP contribution in [-0.4, -0.2) is 25.8 Å². The number of amides is 1. The van der Waals surface area contributed by atoms with E-state index >= 15 is 0 Å². The average Bonchev–Trinajstić information content (AvgIpc) is 3.09. The molecule has 0 aliphatic rings. The summed E-state index contributed by atoms with van der Waals surface area (Å²) in [7, 11) is 0. The third kappa shape index (κ3) is 2.70. The van der Waals surface area contributed by atoms with Crippen molar-refractivity contribution < 1.29 is 4.79 Å². The zero-order valence-electron chi connectivity index (χ0n) is 10.4. The molecule has 3 rings (SSSR count). The summed E-state index contributed by atoms with van der Waals surface area (Å²) in [4.78, 5) is 28.6. The van der Waals surface area contributed by atoms with Crippen molar-refractivity contribution in [2.24, 2.45) is 0 Å². The molecule has 0 unspecified atom stereocenters. The standard InChI is InChI=1S/C12H9N5OS2/c1-7-5-20-12(15-7)17-10(18)9-6-19-11(16-9)8-4-13-2-3-14-8/h2-6H,1H3,(H,15,17,18). The van der Waals surface area contributed by atoms with E-state index in [1.54, 1.807) is 24.0 Å². The number of aromatic nitrogens is 4. The van der Waals surface area contributed by atoms with Crippen molar-refractivity contribution >= 4 is 33.7 Å². The van der Waals surface area contributed by atoms with Gasteiger partial charge in [-0.15, -0.1) is 22.7 Å². The van der Waals surface area contributed by atoms with Crippen LogP contribution in [0.15, 0.2) is 29.4 Å². The predicted molar refractivity (Wildman–Crippen MR) is 77.9 cm³/mol. The molecule has 0 fully saturated rings. The van der Waals surface area contributed by atoms with Gasteiger partial charge in [0.25, 0.3) is 5.91 Å². The minimum absolute atomic E-state index is 0.272. The molecule has 0 saturated carbocycles. The summed E-state index contributed by atoms with van der Waals surface area (Å²) in [5.74, 6) is -0.272. The van der Waals surface area contributed by atoms with E-state index < -0.39 is 0 Å². The number of hydrogen-bond donors (Lipinski definition) is 1. The fourth-order valence-electron chi connectivity index (χ4n) is 1.48. The van der Waals surface area contributed by atoms with Crippen LogP contribution in [0.25, 0.3) is 10.7 Å². The van der Waals surface area contributed by atoms with Crippen LogP contribution in [0.2, 0.25) is 0 Å². The van der Waals surface area contributed by atoms with E-state index in [2.05, 4.69) is 25.3 Å². The molecular formula is C12H9N5OS2. The van der Waals surface area contributed by atoms with Crippen LogP contribution < -0.4 is 5.32 Å². The Morgan fingerprint density at radius 1 is 1.20 bits per heavy atom. The lowest BCUT2D eigenvalue weighted by atomic mass is 10.4. The first-order valence-electron chi connectivity index (χ1n) is 5.68. The minimum Gasteiger partial charge on any atom is -0.296 e. The van der Waals surface area contributed by atoms with Gasteiger partial charge in [-0.2, -0.15) is 0 Å². The van der Waals surface area contributed by atoms with Gasteiger partial charge in [-0.25, -0.2) is 9.97 Å². The molecule has 0 atom stereocenters. The van der Waals surface area contributed by atoms with Gasteiger partial charge in [0.05, 0.1) is 11.9 Å². The number of anilines is 1. The highest BCUT2D eigenvalue weighted by Gasteiger charge is 2.13. The summed E-state index contributed by atoms with van der Waals surface area (Å²) < 4.78 is 0. The molecule has 1 N–H and O–H groups in total. The molecule has 0 radical (unpaired) electrons. The van der Waals surface area contributed by atoms with E-state index in [9.17, 15) is 4.79 Å². The number of carbonyl (C=O) groups is 1. The Morgan fingerprint density at radius 3 is 2.80 bits per heavy atom. The van der Waals surface area contributed by atoms with Gasteiger partial charge in [0.1, 0.15) is 16.4 Å². The molecule has 0 spiro atoms. The number of thiazole rings is 2. The molecular weight excluding hydrogens is 294 g/mol. The fraction of sp³-hybridized carbons (Fsp3) is 0.0833. The second kappa shape index (κ2) is 5.43. The van der Waals surface area contributed by atoms with Gasteiger partial charge in [-0.05, 0) is 6.92 Å².